The molecule has 7 heteroatoms. The largest absolute Gasteiger partial charge is 0.388 e. The van der Waals surface area contributed by atoms with Gasteiger partial charge in [-0.05, 0) is 31.1 Å². The molecule has 0 aliphatic carbocycles. The van der Waals surface area contributed by atoms with Gasteiger partial charge in [0.25, 0.3) is 0 Å². The Morgan fingerprint density at radius 2 is 2.50 bits per heavy atom. The molecular weight excluding hydrogens is 230 g/mol. The lowest BCUT2D eigenvalue weighted by molar-refractivity contribution is -0.380. The number of anilines is 1. The van der Waals surface area contributed by atoms with E-state index < -0.39 is 10.5 Å². The molecule has 6 nitrogen and oxygen atoms in total. The average molecular weight is 243 g/mol. The van der Waals surface area contributed by atoms with Gasteiger partial charge in [0.05, 0.1) is 10.5 Å². The van der Waals surface area contributed by atoms with Crippen molar-refractivity contribution < 1.29 is 10.0 Å². The van der Waals surface area contributed by atoms with Gasteiger partial charge in [-0.25, -0.2) is 4.98 Å². The number of thiazole rings is 1. The Hall–Kier alpha value is -1.21. The molecule has 16 heavy (non-hydrogen) atoms. The molecule has 1 unspecified atom stereocenters. The number of hydrogen-bond acceptors (Lipinski definition) is 6. The number of hydrogen-bond donors (Lipinski definition) is 1. The molecule has 1 aromatic rings. The summed E-state index contributed by atoms with van der Waals surface area (Å²) >= 11 is 1.05. The van der Waals surface area contributed by atoms with Crippen molar-refractivity contribution in [1.29, 1.82) is 0 Å². The lowest BCUT2D eigenvalue weighted by atomic mass is 9.96. The van der Waals surface area contributed by atoms with Gasteiger partial charge in [-0.15, -0.1) is 0 Å². The lowest BCUT2D eigenvalue weighted by Gasteiger charge is -2.36. The molecule has 0 bridgehead atoms. The second-order valence-corrected chi connectivity index (χ2v) is 5.25. The molecular formula is C9H13N3O3S. The lowest BCUT2D eigenvalue weighted by Crippen LogP contribution is -2.46. The van der Waals surface area contributed by atoms with E-state index in [1.165, 1.54) is 6.20 Å². The monoisotopic (exact) mass is 243 g/mol. The zero-order valence-corrected chi connectivity index (χ0v) is 9.74. The number of aliphatic hydroxyl groups is 1. The highest BCUT2D eigenvalue weighted by atomic mass is 32.1. The van der Waals surface area contributed by atoms with E-state index in [2.05, 4.69) is 4.98 Å². The first-order chi connectivity index (χ1) is 7.48. The maximum Gasteiger partial charge on any atom is 0.345 e. The average Bonchev–Trinajstić information content (AvgIpc) is 2.64. The van der Waals surface area contributed by atoms with Gasteiger partial charge in [0.1, 0.15) is 6.20 Å². The molecule has 0 radical (unpaired) electrons. The third-order valence-corrected chi connectivity index (χ3v) is 3.62. The number of piperidine rings is 1. The van der Waals surface area contributed by atoms with Gasteiger partial charge in [0, 0.05) is 13.1 Å². The molecule has 0 aromatic carbocycles. The maximum absolute atomic E-state index is 10.5. The van der Waals surface area contributed by atoms with Crippen molar-refractivity contribution in [2.75, 3.05) is 18.0 Å². The van der Waals surface area contributed by atoms with E-state index in [0.29, 0.717) is 11.7 Å². The second kappa shape index (κ2) is 3.99. The van der Waals surface area contributed by atoms with Gasteiger partial charge in [0.15, 0.2) is 5.13 Å². The first-order valence-electron chi connectivity index (χ1n) is 5.05. The van der Waals surface area contributed by atoms with E-state index in [1.807, 2.05) is 4.90 Å². The minimum atomic E-state index is -0.724. The topological polar surface area (TPSA) is 79.5 Å². The van der Waals surface area contributed by atoms with Crippen LogP contribution in [0.5, 0.6) is 0 Å². The van der Waals surface area contributed by atoms with Crippen molar-refractivity contribution in [3.8, 4) is 0 Å². The van der Waals surface area contributed by atoms with Crippen LogP contribution in [0.1, 0.15) is 19.8 Å². The molecule has 1 aliphatic rings. The number of nitro groups is 1. The fourth-order valence-corrected chi connectivity index (χ4v) is 2.63. The van der Waals surface area contributed by atoms with E-state index >= 15 is 0 Å². The molecule has 1 fully saturated rings. The van der Waals surface area contributed by atoms with Crippen LogP contribution in [0.25, 0.3) is 0 Å². The SMILES string of the molecule is CC1(O)CCCN(c2ncc([N+](=O)[O-])s2)C1. The fraction of sp³-hybridized carbons (Fsp3) is 0.667. The van der Waals surface area contributed by atoms with Crippen LogP contribution in [0.2, 0.25) is 0 Å². The van der Waals surface area contributed by atoms with E-state index in [4.69, 9.17) is 0 Å². The van der Waals surface area contributed by atoms with E-state index in [1.54, 1.807) is 6.92 Å². The van der Waals surface area contributed by atoms with Crippen LogP contribution >= 0.6 is 11.3 Å². The minimum Gasteiger partial charge on any atom is -0.388 e. The van der Waals surface area contributed by atoms with Crippen molar-refractivity contribution in [2.24, 2.45) is 0 Å². The van der Waals surface area contributed by atoms with Gasteiger partial charge in [0.2, 0.25) is 0 Å². The Labute approximate surface area is 96.7 Å². The summed E-state index contributed by atoms with van der Waals surface area (Å²) in [4.78, 5) is 16.0. The van der Waals surface area contributed by atoms with Crippen LogP contribution in [0.4, 0.5) is 10.1 Å². The summed E-state index contributed by atoms with van der Waals surface area (Å²) in [5, 5.41) is 21.1. The van der Waals surface area contributed by atoms with Crippen LogP contribution in [0.3, 0.4) is 0 Å². The van der Waals surface area contributed by atoms with Gasteiger partial charge in [-0.2, -0.15) is 0 Å². The third-order valence-electron chi connectivity index (χ3n) is 2.61. The number of rotatable bonds is 2. The number of nitrogens with zero attached hydrogens (tertiary/aromatic N) is 3. The summed E-state index contributed by atoms with van der Waals surface area (Å²) in [5.41, 5.74) is -0.724. The highest BCUT2D eigenvalue weighted by Gasteiger charge is 2.30. The Kier molecular flexibility index (Phi) is 2.81. The Morgan fingerprint density at radius 1 is 1.75 bits per heavy atom. The number of aromatic nitrogens is 1. The van der Waals surface area contributed by atoms with Gasteiger partial charge < -0.3 is 10.0 Å². The predicted octanol–water partition coefficient (Wildman–Crippen LogP) is 1.40. The summed E-state index contributed by atoms with van der Waals surface area (Å²) in [6, 6.07) is 0. The predicted molar refractivity (Wildman–Crippen MR) is 60.8 cm³/mol. The minimum absolute atomic E-state index is 0.0419. The molecule has 88 valence electrons. The summed E-state index contributed by atoms with van der Waals surface area (Å²) in [6.45, 7) is 3.06. The molecule has 1 aromatic heterocycles. The quantitative estimate of drug-likeness (QED) is 0.627. The van der Waals surface area contributed by atoms with Crippen LogP contribution < -0.4 is 4.90 Å². The van der Waals surface area contributed by atoms with Crippen molar-refractivity contribution in [1.82, 2.24) is 4.98 Å². The summed E-state index contributed by atoms with van der Waals surface area (Å²) in [6.07, 6.45) is 2.90. The molecule has 0 amide bonds. The van der Waals surface area contributed by atoms with Crippen molar-refractivity contribution in [2.45, 2.75) is 25.4 Å². The summed E-state index contributed by atoms with van der Waals surface area (Å²) in [5.74, 6) is 0. The van der Waals surface area contributed by atoms with Crippen molar-refractivity contribution in [3.05, 3.63) is 16.3 Å². The Morgan fingerprint density at radius 3 is 3.06 bits per heavy atom. The van der Waals surface area contributed by atoms with E-state index in [-0.39, 0.29) is 5.00 Å². The van der Waals surface area contributed by atoms with E-state index in [0.717, 1.165) is 30.7 Å². The van der Waals surface area contributed by atoms with Crippen molar-refractivity contribution in [3.63, 3.8) is 0 Å². The fourth-order valence-electron chi connectivity index (χ4n) is 1.87. The maximum atomic E-state index is 10.5. The molecule has 1 N–H and O–H groups in total. The highest BCUT2D eigenvalue weighted by Crippen LogP contribution is 2.32. The molecule has 2 heterocycles. The normalized spacial score (nSPS) is 25.8. The van der Waals surface area contributed by atoms with E-state index in [9.17, 15) is 15.2 Å². The van der Waals surface area contributed by atoms with Gasteiger partial charge >= 0.3 is 5.00 Å². The summed E-state index contributed by atoms with van der Waals surface area (Å²) in [7, 11) is 0. The van der Waals surface area contributed by atoms with Crippen LogP contribution in [-0.4, -0.2) is 33.7 Å². The van der Waals surface area contributed by atoms with Gasteiger partial charge in [-0.1, -0.05) is 0 Å². The third kappa shape index (κ3) is 2.30. The highest BCUT2D eigenvalue weighted by molar-refractivity contribution is 7.18. The smallest absolute Gasteiger partial charge is 0.345 e. The Bertz CT molecular complexity index is 404. The molecule has 0 saturated carbocycles. The second-order valence-electron chi connectivity index (χ2n) is 4.26. The van der Waals surface area contributed by atoms with Crippen LogP contribution in [0.15, 0.2) is 6.20 Å². The van der Waals surface area contributed by atoms with Crippen molar-refractivity contribution >= 4 is 21.5 Å². The molecule has 1 aliphatic heterocycles. The standard InChI is InChI=1S/C9H13N3O3S/c1-9(13)3-2-4-11(6-9)8-10-5-7(16-8)12(14)15/h5,13H,2-4,6H2,1H3. The first kappa shape index (κ1) is 11.3. The van der Waals surface area contributed by atoms with Crippen LogP contribution in [-0.2, 0) is 0 Å². The molecule has 1 atom stereocenters. The molecule has 0 spiro atoms. The Balaban J connectivity index is 2.14. The zero-order valence-electron chi connectivity index (χ0n) is 8.92. The zero-order chi connectivity index (χ0) is 11.8. The van der Waals surface area contributed by atoms with Gasteiger partial charge in [-0.3, -0.25) is 10.1 Å². The molecule has 1 saturated heterocycles. The molecule has 2 rings (SSSR count). The number of β-amino-alcohol motifs (C(OH)–C–C–N with tert-alkyl or cyclic N) is 1. The summed E-state index contributed by atoms with van der Waals surface area (Å²) < 4.78 is 0. The van der Waals surface area contributed by atoms with Crippen LogP contribution in [0, 0.1) is 10.1 Å². The first-order valence-corrected chi connectivity index (χ1v) is 5.87.